The Kier molecular flexibility index (Phi) is 15.1. The zero-order valence-electron chi connectivity index (χ0n) is 25.8. The molecule has 2 aromatic carbocycles. The summed E-state index contributed by atoms with van der Waals surface area (Å²) < 4.78 is 14.1. The number of unbranched alkanes of at least 4 members (excludes halogenated alkanes) is 11. The number of ketones is 1. The molecule has 1 heterocycles. The third kappa shape index (κ3) is 12.0. The predicted molar refractivity (Wildman–Crippen MR) is 172 cm³/mol. The highest BCUT2D eigenvalue weighted by Gasteiger charge is 2.16. The third-order valence-electron chi connectivity index (χ3n) is 7.40. The number of anilines is 1. The van der Waals surface area contributed by atoms with Crippen molar-refractivity contribution in [2.75, 3.05) is 18.5 Å². The molecule has 0 radical (unpaired) electrons. The van der Waals surface area contributed by atoms with Gasteiger partial charge < -0.3 is 14.8 Å². The zero-order valence-corrected chi connectivity index (χ0v) is 26.6. The number of hydrogen-bond donors (Lipinski definition) is 1. The molecule has 7 heteroatoms. The number of benzene rings is 2. The average molecular weight is 594 g/mol. The van der Waals surface area contributed by atoms with Gasteiger partial charge >= 0.3 is 0 Å². The van der Waals surface area contributed by atoms with Gasteiger partial charge in [0, 0.05) is 18.2 Å². The number of para-hydroxylation sites is 1. The van der Waals surface area contributed by atoms with E-state index in [0.717, 1.165) is 30.6 Å². The fourth-order valence-electron chi connectivity index (χ4n) is 4.97. The number of carbonyl (C=O) groups excluding carboxylic acids is 2. The monoisotopic (exact) mass is 593 g/mol. The molecule has 1 N–H and O–H groups in total. The lowest BCUT2D eigenvalue weighted by atomic mass is 10.1. The summed E-state index contributed by atoms with van der Waals surface area (Å²) in [7, 11) is 0. The molecule has 0 bridgehead atoms. The van der Waals surface area contributed by atoms with Crippen molar-refractivity contribution in [3.63, 3.8) is 0 Å². The quantitative estimate of drug-likeness (QED) is 0.0762. The van der Waals surface area contributed by atoms with Gasteiger partial charge in [-0.3, -0.25) is 9.59 Å². The fraction of sp³-hybridized carbons (Fsp3) is 0.514. The molecule has 0 saturated carbocycles. The van der Waals surface area contributed by atoms with Crippen molar-refractivity contribution in [2.24, 2.45) is 0 Å². The Bertz CT molecular complexity index is 1240. The normalized spacial score (nSPS) is 10.9. The number of rotatable bonds is 21. The molecule has 0 aliphatic heterocycles. The maximum atomic E-state index is 12.7. The van der Waals surface area contributed by atoms with Gasteiger partial charge in [0.25, 0.3) is 5.91 Å². The lowest BCUT2D eigenvalue weighted by molar-refractivity contribution is -0.689. The maximum absolute atomic E-state index is 12.7. The molecule has 0 fully saturated rings. The Balaban J connectivity index is 1.42. The van der Waals surface area contributed by atoms with Gasteiger partial charge in [0.2, 0.25) is 5.51 Å². The number of carbonyl (C=O) groups is 2. The molecule has 0 aliphatic rings. The first-order valence-electron chi connectivity index (χ1n) is 15.7. The van der Waals surface area contributed by atoms with Gasteiger partial charge in [0.1, 0.15) is 0 Å². The van der Waals surface area contributed by atoms with Gasteiger partial charge in [0.15, 0.2) is 36.1 Å². The van der Waals surface area contributed by atoms with E-state index in [1.54, 1.807) is 29.5 Å². The SMILES string of the molecule is CCCCCCCCCCCCCCOc1c(OCC(=O)Nc2cccc(C[n+]3cscc3C)c2)cccc1C(C)=O. The number of amides is 1. The first-order chi connectivity index (χ1) is 20.5. The van der Waals surface area contributed by atoms with E-state index < -0.39 is 0 Å². The van der Waals surface area contributed by atoms with E-state index in [-0.39, 0.29) is 18.3 Å². The molecule has 6 nitrogen and oxygen atoms in total. The summed E-state index contributed by atoms with van der Waals surface area (Å²) in [5, 5.41) is 5.03. The van der Waals surface area contributed by atoms with E-state index in [9.17, 15) is 9.59 Å². The van der Waals surface area contributed by atoms with Crippen molar-refractivity contribution in [3.8, 4) is 11.5 Å². The van der Waals surface area contributed by atoms with Crippen LogP contribution in [-0.4, -0.2) is 24.9 Å². The van der Waals surface area contributed by atoms with Crippen molar-refractivity contribution in [3.05, 3.63) is 70.2 Å². The molecule has 0 aliphatic carbocycles. The topological polar surface area (TPSA) is 68.5 Å². The minimum atomic E-state index is -0.272. The van der Waals surface area contributed by atoms with Crippen LogP contribution >= 0.6 is 11.3 Å². The molecule has 0 spiro atoms. The lowest BCUT2D eigenvalue weighted by Crippen LogP contribution is -2.34. The summed E-state index contributed by atoms with van der Waals surface area (Å²) in [4.78, 5) is 25.0. The average Bonchev–Trinajstić information content (AvgIpc) is 3.38. The number of Topliss-reactive ketones (excluding diaryl/α,β-unsaturated/α-hetero) is 1. The van der Waals surface area contributed by atoms with Crippen molar-refractivity contribution in [1.29, 1.82) is 0 Å². The van der Waals surface area contributed by atoms with Crippen LogP contribution in [0.4, 0.5) is 5.69 Å². The van der Waals surface area contributed by atoms with Crippen molar-refractivity contribution < 1.29 is 23.6 Å². The highest BCUT2D eigenvalue weighted by atomic mass is 32.1. The van der Waals surface area contributed by atoms with Crippen molar-refractivity contribution in [1.82, 2.24) is 0 Å². The number of aromatic nitrogens is 1. The number of ether oxygens (including phenoxy) is 2. The molecule has 0 unspecified atom stereocenters. The van der Waals surface area contributed by atoms with Gasteiger partial charge in [-0.05, 0) is 37.6 Å². The second-order valence-electron chi connectivity index (χ2n) is 11.1. The van der Waals surface area contributed by atoms with E-state index in [1.807, 2.05) is 24.3 Å². The molecule has 228 valence electrons. The van der Waals surface area contributed by atoms with Crippen LogP contribution in [0, 0.1) is 6.92 Å². The first kappa shape index (κ1) is 33.3. The Morgan fingerprint density at radius 3 is 2.17 bits per heavy atom. The van der Waals surface area contributed by atoms with Crippen molar-refractivity contribution >= 4 is 28.7 Å². The summed E-state index contributed by atoms with van der Waals surface area (Å²) in [6, 6.07) is 13.1. The summed E-state index contributed by atoms with van der Waals surface area (Å²) in [5.41, 5.74) is 5.58. The number of aryl methyl sites for hydroxylation is 1. The molecular weight excluding hydrogens is 544 g/mol. The molecular formula is C35H49N2O4S+. The van der Waals surface area contributed by atoms with Gasteiger partial charge in [-0.15, -0.1) is 0 Å². The highest BCUT2D eigenvalue weighted by Crippen LogP contribution is 2.32. The second kappa shape index (κ2) is 19.1. The molecule has 3 rings (SSSR count). The standard InChI is InChI=1S/C35H48N2O4S/c1-4-5-6-7-8-9-10-11-12-13-14-15-22-40-35-32(29(3)38)20-17-21-33(35)41-25-34(39)36-31-19-16-18-30(23-31)24-37-27-42-26-28(37)2/h16-21,23,26-27H,4-15,22,24-25H2,1-3H3/p+1. The molecule has 3 aromatic rings. The van der Waals surface area contributed by atoms with Crippen LogP contribution in [0.3, 0.4) is 0 Å². The van der Waals surface area contributed by atoms with Crippen LogP contribution in [-0.2, 0) is 11.3 Å². The van der Waals surface area contributed by atoms with E-state index >= 15 is 0 Å². The lowest BCUT2D eigenvalue weighted by Gasteiger charge is -2.15. The van der Waals surface area contributed by atoms with Crippen LogP contribution in [0.1, 0.15) is 113 Å². The minimum Gasteiger partial charge on any atom is -0.489 e. The molecule has 1 aromatic heterocycles. The summed E-state index contributed by atoms with van der Waals surface area (Å²) in [6.07, 6.45) is 15.3. The van der Waals surface area contributed by atoms with Gasteiger partial charge in [-0.2, -0.15) is 4.57 Å². The van der Waals surface area contributed by atoms with Crippen LogP contribution in [0.25, 0.3) is 0 Å². The Labute approximate surface area is 256 Å². The minimum absolute atomic E-state index is 0.0925. The largest absolute Gasteiger partial charge is 0.489 e. The highest BCUT2D eigenvalue weighted by molar-refractivity contribution is 7.07. The van der Waals surface area contributed by atoms with Crippen LogP contribution in [0.15, 0.2) is 53.4 Å². The maximum Gasteiger partial charge on any atom is 0.262 e. The number of hydrogen-bond acceptors (Lipinski definition) is 5. The Hall–Kier alpha value is -3.19. The zero-order chi connectivity index (χ0) is 30.0. The summed E-state index contributed by atoms with van der Waals surface area (Å²) in [6.45, 7) is 6.93. The number of nitrogens with one attached hydrogen (secondary N) is 1. The molecule has 1 amide bonds. The van der Waals surface area contributed by atoms with E-state index in [1.165, 1.54) is 76.8 Å². The predicted octanol–water partition coefficient (Wildman–Crippen LogP) is 8.69. The number of thiazole rings is 1. The molecule has 42 heavy (non-hydrogen) atoms. The van der Waals surface area contributed by atoms with E-state index in [0.29, 0.717) is 23.7 Å². The van der Waals surface area contributed by atoms with Crippen LogP contribution in [0.5, 0.6) is 11.5 Å². The van der Waals surface area contributed by atoms with Gasteiger partial charge in [-0.25, -0.2) is 0 Å². The van der Waals surface area contributed by atoms with E-state index in [2.05, 4.69) is 34.6 Å². The van der Waals surface area contributed by atoms with Gasteiger partial charge in [0.05, 0.1) is 17.6 Å². The van der Waals surface area contributed by atoms with Crippen molar-refractivity contribution in [2.45, 2.75) is 104 Å². The van der Waals surface area contributed by atoms with Crippen LogP contribution in [0.2, 0.25) is 0 Å². The summed E-state index contributed by atoms with van der Waals surface area (Å²) in [5.74, 6) is 0.470. The second-order valence-corrected chi connectivity index (χ2v) is 11.8. The van der Waals surface area contributed by atoms with E-state index in [4.69, 9.17) is 9.47 Å². The van der Waals surface area contributed by atoms with Crippen LogP contribution < -0.4 is 19.4 Å². The fourth-order valence-corrected chi connectivity index (χ4v) is 5.75. The smallest absolute Gasteiger partial charge is 0.262 e. The molecule has 0 saturated heterocycles. The summed E-state index contributed by atoms with van der Waals surface area (Å²) >= 11 is 1.67. The van der Waals surface area contributed by atoms with Gasteiger partial charge in [-0.1, -0.05) is 107 Å². The molecule has 0 atom stereocenters. The Morgan fingerprint density at radius 1 is 0.857 bits per heavy atom. The number of nitrogens with zero attached hydrogens (tertiary/aromatic N) is 1. The third-order valence-corrected chi connectivity index (χ3v) is 8.26. The first-order valence-corrected chi connectivity index (χ1v) is 16.6. The Morgan fingerprint density at radius 2 is 1.52 bits per heavy atom.